The molecule has 1 aromatic carbocycles. The lowest BCUT2D eigenvalue weighted by molar-refractivity contribution is -0.385. The molecule has 1 saturated heterocycles. The van der Waals surface area contributed by atoms with Crippen molar-refractivity contribution in [2.24, 2.45) is 0 Å². The second-order valence-electron chi connectivity index (χ2n) is 5.72. The Bertz CT molecular complexity index is 612. The molecule has 0 unspecified atom stereocenters. The van der Waals surface area contributed by atoms with Crippen molar-refractivity contribution in [2.75, 3.05) is 38.0 Å². The SMILES string of the molecule is Cc1cc(NC(=O)N2CCCN(CC(F)F)CC2)ccc1[N+](=O)[O-]. The van der Waals surface area contributed by atoms with E-state index in [1.807, 2.05) is 0 Å². The first-order valence-electron chi connectivity index (χ1n) is 7.68. The fourth-order valence-electron chi connectivity index (χ4n) is 2.69. The smallest absolute Gasteiger partial charge is 0.321 e. The summed E-state index contributed by atoms with van der Waals surface area (Å²) >= 11 is 0. The Balaban J connectivity index is 1.95. The molecule has 1 aromatic rings. The highest BCUT2D eigenvalue weighted by Gasteiger charge is 2.21. The van der Waals surface area contributed by atoms with Crippen LogP contribution in [0.1, 0.15) is 12.0 Å². The summed E-state index contributed by atoms with van der Waals surface area (Å²) in [4.78, 5) is 25.8. The molecule has 24 heavy (non-hydrogen) atoms. The fraction of sp³-hybridized carbons (Fsp3) is 0.533. The van der Waals surface area contributed by atoms with E-state index in [4.69, 9.17) is 0 Å². The number of carbonyl (C=O) groups excluding carboxylic acids is 1. The van der Waals surface area contributed by atoms with Gasteiger partial charge in [0.25, 0.3) is 12.1 Å². The van der Waals surface area contributed by atoms with Crippen molar-refractivity contribution in [3.63, 3.8) is 0 Å². The molecule has 132 valence electrons. The van der Waals surface area contributed by atoms with E-state index in [1.165, 1.54) is 18.2 Å². The lowest BCUT2D eigenvalue weighted by atomic mass is 10.2. The number of alkyl halides is 2. The van der Waals surface area contributed by atoms with Crippen LogP contribution in [0, 0.1) is 17.0 Å². The summed E-state index contributed by atoms with van der Waals surface area (Å²) in [7, 11) is 0. The van der Waals surface area contributed by atoms with Crippen LogP contribution in [0.25, 0.3) is 0 Å². The summed E-state index contributed by atoms with van der Waals surface area (Å²) in [6.07, 6.45) is -1.76. The molecule has 1 aliphatic rings. The molecule has 0 radical (unpaired) electrons. The maximum Gasteiger partial charge on any atom is 0.321 e. The second kappa shape index (κ2) is 8.00. The van der Waals surface area contributed by atoms with E-state index in [9.17, 15) is 23.7 Å². The Hall–Kier alpha value is -2.29. The van der Waals surface area contributed by atoms with Gasteiger partial charge in [-0.05, 0) is 25.5 Å². The van der Waals surface area contributed by atoms with Gasteiger partial charge < -0.3 is 10.2 Å². The third kappa shape index (κ3) is 4.85. The molecule has 1 aliphatic heterocycles. The maximum atomic E-state index is 12.4. The summed E-state index contributed by atoms with van der Waals surface area (Å²) in [5.41, 5.74) is 0.916. The van der Waals surface area contributed by atoms with Gasteiger partial charge in [0, 0.05) is 43.5 Å². The van der Waals surface area contributed by atoms with E-state index in [0.29, 0.717) is 43.9 Å². The number of amides is 2. The Morgan fingerprint density at radius 2 is 2.08 bits per heavy atom. The molecule has 9 heteroatoms. The normalized spacial score (nSPS) is 16.1. The monoisotopic (exact) mass is 342 g/mol. The zero-order chi connectivity index (χ0) is 17.7. The highest BCUT2D eigenvalue weighted by molar-refractivity contribution is 5.89. The Labute approximate surface area is 138 Å². The lowest BCUT2D eigenvalue weighted by Crippen LogP contribution is -2.38. The van der Waals surface area contributed by atoms with Crippen LogP contribution in [0.2, 0.25) is 0 Å². The highest BCUT2D eigenvalue weighted by atomic mass is 19.3. The zero-order valence-electron chi connectivity index (χ0n) is 13.4. The summed E-state index contributed by atoms with van der Waals surface area (Å²) in [5.74, 6) is 0. The summed E-state index contributed by atoms with van der Waals surface area (Å²) in [6, 6.07) is 4.03. The number of urea groups is 1. The predicted octanol–water partition coefficient (Wildman–Crippen LogP) is 2.71. The minimum absolute atomic E-state index is 0.00888. The Morgan fingerprint density at radius 3 is 2.71 bits per heavy atom. The fourth-order valence-corrected chi connectivity index (χ4v) is 2.69. The lowest BCUT2D eigenvalue weighted by Gasteiger charge is -2.22. The van der Waals surface area contributed by atoms with Gasteiger partial charge in [0.15, 0.2) is 0 Å². The van der Waals surface area contributed by atoms with Gasteiger partial charge in [0.05, 0.1) is 11.5 Å². The van der Waals surface area contributed by atoms with E-state index in [0.717, 1.165) is 0 Å². The summed E-state index contributed by atoms with van der Waals surface area (Å²) in [6.45, 7) is 3.10. The Kier molecular flexibility index (Phi) is 6.02. The van der Waals surface area contributed by atoms with Crippen molar-refractivity contribution in [1.82, 2.24) is 9.80 Å². The van der Waals surface area contributed by atoms with Crippen molar-refractivity contribution in [1.29, 1.82) is 0 Å². The van der Waals surface area contributed by atoms with Crippen LogP contribution >= 0.6 is 0 Å². The zero-order valence-corrected chi connectivity index (χ0v) is 13.4. The number of anilines is 1. The first-order chi connectivity index (χ1) is 11.4. The molecule has 0 aromatic heterocycles. The van der Waals surface area contributed by atoms with Crippen LogP contribution in [0.15, 0.2) is 18.2 Å². The van der Waals surface area contributed by atoms with Crippen LogP contribution in [0.4, 0.5) is 25.0 Å². The van der Waals surface area contributed by atoms with E-state index >= 15 is 0 Å². The van der Waals surface area contributed by atoms with Gasteiger partial charge in [0.2, 0.25) is 0 Å². The Morgan fingerprint density at radius 1 is 1.33 bits per heavy atom. The van der Waals surface area contributed by atoms with Gasteiger partial charge >= 0.3 is 6.03 Å². The standard InChI is InChI=1S/C15H20F2N4O3/c1-11-9-12(3-4-13(11)21(23)24)18-15(22)20-6-2-5-19(7-8-20)10-14(16)17/h3-4,9,14H,2,5-8,10H2,1H3,(H,18,22). The molecule has 1 heterocycles. The number of halogens is 2. The van der Waals surface area contributed by atoms with Crippen molar-refractivity contribution < 1.29 is 18.5 Å². The van der Waals surface area contributed by atoms with Crippen molar-refractivity contribution in [2.45, 2.75) is 19.8 Å². The molecule has 2 amide bonds. The largest absolute Gasteiger partial charge is 0.323 e. The number of aryl methyl sites for hydroxylation is 1. The van der Waals surface area contributed by atoms with Crippen molar-refractivity contribution in [3.8, 4) is 0 Å². The van der Waals surface area contributed by atoms with E-state index in [1.54, 1.807) is 16.7 Å². The molecule has 1 N–H and O–H groups in total. The van der Waals surface area contributed by atoms with E-state index in [2.05, 4.69) is 5.32 Å². The van der Waals surface area contributed by atoms with Gasteiger partial charge in [-0.25, -0.2) is 13.6 Å². The third-order valence-corrected chi connectivity index (χ3v) is 3.92. The summed E-state index contributed by atoms with van der Waals surface area (Å²) in [5, 5.41) is 13.5. The topological polar surface area (TPSA) is 78.7 Å². The molecule has 0 atom stereocenters. The molecule has 0 spiro atoms. The van der Waals surface area contributed by atoms with Crippen molar-refractivity contribution in [3.05, 3.63) is 33.9 Å². The molecule has 7 nitrogen and oxygen atoms in total. The van der Waals surface area contributed by atoms with Crippen LogP contribution in [-0.2, 0) is 0 Å². The minimum atomic E-state index is -2.38. The number of nitro groups is 1. The highest BCUT2D eigenvalue weighted by Crippen LogP contribution is 2.22. The molecular formula is C15H20F2N4O3. The van der Waals surface area contributed by atoms with Gasteiger partial charge in [-0.1, -0.05) is 0 Å². The second-order valence-corrected chi connectivity index (χ2v) is 5.72. The number of nitrogens with one attached hydrogen (secondary N) is 1. The average Bonchev–Trinajstić information content (AvgIpc) is 2.72. The number of hydrogen-bond donors (Lipinski definition) is 1. The molecule has 0 aliphatic carbocycles. The molecule has 1 fully saturated rings. The number of hydrogen-bond acceptors (Lipinski definition) is 4. The first-order valence-corrected chi connectivity index (χ1v) is 7.68. The van der Waals surface area contributed by atoms with Crippen molar-refractivity contribution >= 4 is 17.4 Å². The van der Waals surface area contributed by atoms with Gasteiger partial charge in [-0.3, -0.25) is 15.0 Å². The van der Waals surface area contributed by atoms with Crippen LogP contribution in [0.5, 0.6) is 0 Å². The van der Waals surface area contributed by atoms with Crippen LogP contribution < -0.4 is 5.32 Å². The minimum Gasteiger partial charge on any atom is -0.323 e. The van der Waals surface area contributed by atoms with Gasteiger partial charge in [-0.15, -0.1) is 0 Å². The molecular weight excluding hydrogens is 322 g/mol. The van der Waals surface area contributed by atoms with E-state index < -0.39 is 11.3 Å². The summed E-state index contributed by atoms with van der Waals surface area (Å²) < 4.78 is 24.9. The number of nitrogens with zero attached hydrogens (tertiary/aromatic N) is 3. The van der Waals surface area contributed by atoms with E-state index in [-0.39, 0.29) is 18.3 Å². The number of benzene rings is 1. The number of rotatable bonds is 4. The van der Waals surface area contributed by atoms with Crippen LogP contribution in [-0.4, -0.2) is 59.9 Å². The van der Waals surface area contributed by atoms with Gasteiger partial charge in [-0.2, -0.15) is 0 Å². The molecule has 0 saturated carbocycles. The van der Waals surface area contributed by atoms with Crippen LogP contribution in [0.3, 0.4) is 0 Å². The maximum absolute atomic E-state index is 12.4. The third-order valence-electron chi connectivity index (χ3n) is 3.92. The average molecular weight is 342 g/mol. The number of nitro benzene ring substituents is 1. The van der Waals surface area contributed by atoms with Gasteiger partial charge in [0.1, 0.15) is 0 Å². The predicted molar refractivity (Wildman–Crippen MR) is 85.5 cm³/mol. The first kappa shape index (κ1) is 18.1. The quantitative estimate of drug-likeness (QED) is 0.674. The molecule has 0 bridgehead atoms. The molecule has 2 rings (SSSR count). The number of carbonyl (C=O) groups is 1.